The summed E-state index contributed by atoms with van der Waals surface area (Å²) in [5.74, 6) is 1.46. The number of imidazole rings is 1. The van der Waals surface area contributed by atoms with Crippen LogP contribution in [-0.4, -0.2) is 45.7 Å². The van der Waals surface area contributed by atoms with E-state index in [1.54, 1.807) is 0 Å². The Bertz CT molecular complexity index is 913. The lowest BCUT2D eigenvalue weighted by atomic mass is 10.1. The van der Waals surface area contributed by atoms with Gasteiger partial charge < -0.3 is 9.64 Å². The average molecular weight is 356 g/mol. The molecule has 2 aliphatic rings. The molecule has 2 fully saturated rings. The van der Waals surface area contributed by atoms with Crippen LogP contribution in [0.1, 0.15) is 24.5 Å². The Labute approximate surface area is 150 Å². The summed E-state index contributed by atoms with van der Waals surface area (Å²) in [4.78, 5) is 16.1. The van der Waals surface area contributed by atoms with E-state index in [2.05, 4.69) is 19.3 Å². The van der Waals surface area contributed by atoms with Crippen LogP contribution < -0.4 is 4.90 Å². The molecule has 0 radical (unpaired) electrons. The fourth-order valence-electron chi connectivity index (χ4n) is 3.42. The van der Waals surface area contributed by atoms with Crippen molar-refractivity contribution in [2.75, 3.05) is 31.2 Å². The van der Waals surface area contributed by atoms with E-state index in [4.69, 9.17) is 21.3 Å². The molecule has 1 aliphatic carbocycles. The lowest BCUT2D eigenvalue weighted by Crippen LogP contribution is -2.37. The van der Waals surface area contributed by atoms with Crippen molar-refractivity contribution in [1.29, 1.82) is 0 Å². The Morgan fingerprint density at radius 1 is 1.12 bits per heavy atom. The molecule has 0 aromatic carbocycles. The van der Waals surface area contributed by atoms with Crippen LogP contribution in [0.2, 0.25) is 5.15 Å². The van der Waals surface area contributed by atoms with Crippen molar-refractivity contribution in [3.05, 3.63) is 41.6 Å². The molecule has 0 amide bonds. The third kappa shape index (κ3) is 2.65. The Morgan fingerprint density at radius 2 is 1.96 bits per heavy atom. The lowest BCUT2D eigenvalue weighted by Gasteiger charge is -2.27. The molecule has 128 valence electrons. The smallest absolute Gasteiger partial charge is 0.181 e. The van der Waals surface area contributed by atoms with Crippen molar-refractivity contribution in [3.8, 4) is 11.3 Å². The molecule has 3 aromatic rings. The number of fused-ring (bicyclic) bond motifs is 1. The highest BCUT2D eigenvalue weighted by Gasteiger charge is 2.32. The number of hydrogen-bond acceptors (Lipinski definition) is 5. The predicted octanol–water partition coefficient (Wildman–Crippen LogP) is 3.16. The monoisotopic (exact) mass is 355 g/mol. The summed E-state index contributed by atoms with van der Waals surface area (Å²) in [6.07, 6.45) is 8.05. The molecule has 7 heteroatoms. The number of halogens is 1. The van der Waals surface area contributed by atoms with E-state index in [-0.39, 0.29) is 0 Å². The molecule has 1 saturated heterocycles. The van der Waals surface area contributed by atoms with E-state index in [9.17, 15) is 0 Å². The molecular weight excluding hydrogens is 338 g/mol. The molecule has 0 atom stereocenters. The normalized spacial score (nSPS) is 18.0. The maximum absolute atomic E-state index is 5.97. The van der Waals surface area contributed by atoms with E-state index >= 15 is 0 Å². The molecular formula is C18H18ClN5O. The van der Waals surface area contributed by atoms with E-state index in [1.165, 1.54) is 12.8 Å². The van der Waals surface area contributed by atoms with Gasteiger partial charge in [0.2, 0.25) is 0 Å². The van der Waals surface area contributed by atoms with Crippen molar-refractivity contribution in [2.45, 2.75) is 18.8 Å². The fraction of sp³-hybridized carbons (Fsp3) is 0.389. The molecule has 3 aromatic heterocycles. The summed E-state index contributed by atoms with van der Waals surface area (Å²) < 4.78 is 7.62. The van der Waals surface area contributed by atoms with Crippen molar-refractivity contribution in [2.24, 2.45) is 0 Å². The Balaban J connectivity index is 1.70. The van der Waals surface area contributed by atoms with Gasteiger partial charge in [0.05, 0.1) is 24.6 Å². The van der Waals surface area contributed by atoms with Gasteiger partial charge in [-0.15, -0.1) is 0 Å². The van der Waals surface area contributed by atoms with Gasteiger partial charge >= 0.3 is 0 Å². The number of ether oxygens (including phenoxy) is 1. The van der Waals surface area contributed by atoms with E-state index in [0.717, 1.165) is 54.7 Å². The second-order valence-corrected chi connectivity index (χ2v) is 6.92. The summed E-state index contributed by atoms with van der Waals surface area (Å²) in [7, 11) is 0. The first-order chi connectivity index (χ1) is 12.3. The van der Waals surface area contributed by atoms with Gasteiger partial charge in [-0.3, -0.25) is 4.40 Å². The average Bonchev–Trinajstić information content (AvgIpc) is 3.43. The quantitative estimate of drug-likeness (QED) is 0.675. The van der Waals surface area contributed by atoms with Crippen LogP contribution in [0.5, 0.6) is 0 Å². The predicted molar refractivity (Wildman–Crippen MR) is 96.2 cm³/mol. The first kappa shape index (κ1) is 15.1. The highest BCUT2D eigenvalue weighted by Crippen LogP contribution is 2.44. The molecule has 25 heavy (non-hydrogen) atoms. The Kier molecular flexibility index (Phi) is 3.60. The zero-order valence-electron chi connectivity index (χ0n) is 13.7. The molecule has 0 bridgehead atoms. The highest BCUT2D eigenvalue weighted by molar-refractivity contribution is 6.29. The number of morpholine rings is 1. The number of anilines is 1. The Morgan fingerprint density at radius 3 is 2.68 bits per heavy atom. The van der Waals surface area contributed by atoms with Gasteiger partial charge in [0.1, 0.15) is 5.15 Å². The molecule has 0 unspecified atom stereocenters. The van der Waals surface area contributed by atoms with Crippen molar-refractivity contribution >= 4 is 23.1 Å². The van der Waals surface area contributed by atoms with Gasteiger partial charge in [-0.05, 0) is 25.0 Å². The lowest BCUT2D eigenvalue weighted by molar-refractivity contribution is 0.122. The number of rotatable bonds is 3. The molecule has 0 N–H and O–H groups in total. The largest absolute Gasteiger partial charge is 0.378 e. The van der Waals surface area contributed by atoms with Gasteiger partial charge in [-0.25, -0.2) is 15.0 Å². The van der Waals surface area contributed by atoms with E-state index in [1.807, 2.05) is 30.7 Å². The topological polar surface area (TPSA) is 55.5 Å². The van der Waals surface area contributed by atoms with Gasteiger partial charge in [0.15, 0.2) is 11.5 Å². The van der Waals surface area contributed by atoms with Crippen molar-refractivity contribution in [3.63, 3.8) is 0 Å². The summed E-state index contributed by atoms with van der Waals surface area (Å²) in [5.41, 5.74) is 4.21. The summed E-state index contributed by atoms with van der Waals surface area (Å²) in [5, 5.41) is 0.501. The number of nitrogens with zero attached hydrogens (tertiary/aromatic N) is 5. The molecule has 5 rings (SSSR count). The van der Waals surface area contributed by atoms with Crippen LogP contribution in [0.4, 0.5) is 5.82 Å². The van der Waals surface area contributed by atoms with Gasteiger partial charge in [0, 0.05) is 43.2 Å². The molecule has 0 spiro atoms. The summed E-state index contributed by atoms with van der Waals surface area (Å²) in [6, 6.07) is 3.84. The number of aromatic nitrogens is 4. The molecule has 1 saturated carbocycles. The van der Waals surface area contributed by atoms with Gasteiger partial charge in [-0.1, -0.05) is 11.6 Å². The van der Waals surface area contributed by atoms with Crippen LogP contribution >= 0.6 is 11.6 Å². The summed E-state index contributed by atoms with van der Waals surface area (Å²) >= 11 is 5.97. The molecule has 4 heterocycles. The van der Waals surface area contributed by atoms with Crippen LogP contribution in [0, 0.1) is 0 Å². The SMILES string of the molecule is Clc1ccc(-c2c(C3CC3)nc3c(N4CCOCC4)nccn23)cn1. The molecule has 6 nitrogen and oxygen atoms in total. The second-order valence-electron chi connectivity index (χ2n) is 6.53. The number of hydrogen-bond donors (Lipinski definition) is 0. The minimum atomic E-state index is 0.501. The highest BCUT2D eigenvalue weighted by atomic mass is 35.5. The third-order valence-corrected chi connectivity index (χ3v) is 5.05. The third-order valence-electron chi connectivity index (χ3n) is 4.83. The molecule has 1 aliphatic heterocycles. The fourth-order valence-corrected chi connectivity index (χ4v) is 3.54. The van der Waals surface area contributed by atoms with E-state index in [0.29, 0.717) is 11.1 Å². The van der Waals surface area contributed by atoms with Gasteiger partial charge in [0.25, 0.3) is 0 Å². The Hall–Kier alpha value is -2.18. The first-order valence-electron chi connectivity index (χ1n) is 8.63. The van der Waals surface area contributed by atoms with Crippen LogP contribution in [-0.2, 0) is 4.74 Å². The van der Waals surface area contributed by atoms with Crippen LogP contribution in [0.3, 0.4) is 0 Å². The maximum Gasteiger partial charge on any atom is 0.181 e. The second kappa shape index (κ2) is 5.97. The maximum atomic E-state index is 5.97. The standard InChI is InChI=1S/C18H18ClN5O/c19-14-4-3-13(11-21-14)16-15(12-1-2-12)22-18-17(20-5-6-24(16)18)23-7-9-25-10-8-23/h3-6,11-12H,1-2,7-10H2. The van der Waals surface area contributed by atoms with Gasteiger partial charge in [-0.2, -0.15) is 0 Å². The van der Waals surface area contributed by atoms with Crippen LogP contribution in [0.25, 0.3) is 16.9 Å². The zero-order chi connectivity index (χ0) is 16.8. The minimum Gasteiger partial charge on any atom is -0.378 e. The number of pyridine rings is 1. The van der Waals surface area contributed by atoms with Crippen molar-refractivity contribution < 1.29 is 4.74 Å². The minimum absolute atomic E-state index is 0.501. The van der Waals surface area contributed by atoms with Crippen LogP contribution in [0.15, 0.2) is 30.7 Å². The summed E-state index contributed by atoms with van der Waals surface area (Å²) in [6.45, 7) is 3.14. The zero-order valence-corrected chi connectivity index (χ0v) is 14.5. The van der Waals surface area contributed by atoms with E-state index < -0.39 is 0 Å². The first-order valence-corrected chi connectivity index (χ1v) is 9.00. The van der Waals surface area contributed by atoms with Crippen molar-refractivity contribution in [1.82, 2.24) is 19.4 Å².